The Kier molecular flexibility index (Phi) is 1.59. The molecular formula is C11H12N4. The molecule has 0 bridgehead atoms. The fraction of sp³-hybridized carbons (Fsp3) is 0.273. The maximum absolute atomic E-state index is 7.49. The Bertz CT molecular complexity index is 537. The maximum atomic E-state index is 7.49. The third kappa shape index (κ3) is 1.21. The summed E-state index contributed by atoms with van der Waals surface area (Å²) in [6.45, 7) is 0. The number of nitrogen functional groups attached to an aromatic ring is 1. The van der Waals surface area contributed by atoms with E-state index in [9.17, 15) is 0 Å². The van der Waals surface area contributed by atoms with Crippen molar-refractivity contribution in [1.29, 1.82) is 5.41 Å². The lowest BCUT2D eigenvalue weighted by molar-refractivity contribution is 0.919. The van der Waals surface area contributed by atoms with Crippen LogP contribution >= 0.6 is 0 Å². The molecule has 0 amide bonds. The third-order valence-electron chi connectivity index (χ3n) is 2.77. The highest BCUT2D eigenvalue weighted by Gasteiger charge is 2.29. The number of hydrogen-bond acceptors (Lipinski definition) is 2. The van der Waals surface area contributed by atoms with Crippen molar-refractivity contribution in [2.24, 2.45) is 5.73 Å². The Morgan fingerprint density at radius 2 is 2.27 bits per heavy atom. The molecule has 2 aromatic rings. The van der Waals surface area contributed by atoms with Gasteiger partial charge in [-0.2, -0.15) is 0 Å². The van der Waals surface area contributed by atoms with Crippen molar-refractivity contribution in [1.82, 2.24) is 9.38 Å². The van der Waals surface area contributed by atoms with Gasteiger partial charge < -0.3 is 10.1 Å². The molecule has 0 spiro atoms. The summed E-state index contributed by atoms with van der Waals surface area (Å²) in [6, 6.07) is 5.88. The minimum atomic E-state index is 0.0469. The van der Waals surface area contributed by atoms with Gasteiger partial charge in [-0.15, -0.1) is 0 Å². The predicted octanol–water partition coefficient (Wildman–Crippen LogP) is 1.50. The number of nitrogens with one attached hydrogen (secondary N) is 1. The van der Waals surface area contributed by atoms with Crippen LogP contribution in [0.2, 0.25) is 0 Å². The average Bonchev–Trinajstić information content (AvgIpc) is 2.99. The zero-order valence-electron chi connectivity index (χ0n) is 8.27. The number of imidazole rings is 1. The van der Waals surface area contributed by atoms with Crippen molar-refractivity contribution in [3.05, 3.63) is 35.9 Å². The van der Waals surface area contributed by atoms with Crippen LogP contribution in [0.1, 0.15) is 30.3 Å². The molecule has 4 heteroatoms. The van der Waals surface area contributed by atoms with Gasteiger partial charge in [-0.3, -0.25) is 5.41 Å². The van der Waals surface area contributed by atoms with Crippen LogP contribution in [0, 0.1) is 5.41 Å². The van der Waals surface area contributed by atoms with E-state index in [2.05, 4.69) is 9.38 Å². The van der Waals surface area contributed by atoms with Crippen LogP contribution in [-0.2, 0) is 0 Å². The molecule has 0 aliphatic heterocycles. The van der Waals surface area contributed by atoms with Crippen LogP contribution in [0.4, 0.5) is 0 Å². The molecule has 1 saturated carbocycles. The summed E-state index contributed by atoms with van der Waals surface area (Å²) >= 11 is 0. The molecule has 0 saturated heterocycles. The van der Waals surface area contributed by atoms with Crippen molar-refractivity contribution < 1.29 is 0 Å². The molecule has 1 aliphatic rings. The summed E-state index contributed by atoms with van der Waals surface area (Å²) in [4.78, 5) is 4.46. The third-order valence-corrected chi connectivity index (χ3v) is 2.77. The smallest absolute Gasteiger partial charge is 0.144 e. The average molecular weight is 200 g/mol. The fourth-order valence-corrected chi connectivity index (χ4v) is 1.89. The highest BCUT2D eigenvalue weighted by atomic mass is 15.0. The number of nitrogens with two attached hydrogens (primary N) is 1. The second-order valence-electron chi connectivity index (χ2n) is 3.96. The number of hydrogen-bond donors (Lipinski definition) is 2. The molecule has 3 rings (SSSR count). The van der Waals surface area contributed by atoms with Gasteiger partial charge in [0.15, 0.2) is 0 Å². The number of pyridine rings is 1. The van der Waals surface area contributed by atoms with E-state index < -0.39 is 0 Å². The monoisotopic (exact) mass is 200 g/mol. The second-order valence-corrected chi connectivity index (χ2v) is 3.96. The Morgan fingerprint density at radius 3 is 2.93 bits per heavy atom. The van der Waals surface area contributed by atoms with Crippen molar-refractivity contribution in [3.8, 4) is 0 Å². The number of fused-ring (bicyclic) bond motifs is 1. The normalized spacial score (nSPS) is 15.7. The first-order valence-corrected chi connectivity index (χ1v) is 5.09. The van der Waals surface area contributed by atoms with E-state index >= 15 is 0 Å². The van der Waals surface area contributed by atoms with Gasteiger partial charge in [0.25, 0.3) is 0 Å². The second kappa shape index (κ2) is 2.82. The summed E-state index contributed by atoms with van der Waals surface area (Å²) < 4.78 is 2.05. The fourth-order valence-electron chi connectivity index (χ4n) is 1.89. The van der Waals surface area contributed by atoms with Gasteiger partial charge in [-0.1, -0.05) is 6.07 Å². The molecule has 2 aromatic heterocycles. The van der Waals surface area contributed by atoms with Gasteiger partial charge in [0, 0.05) is 12.1 Å². The zero-order valence-corrected chi connectivity index (χ0v) is 8.27. The molecule has 15 heavy (non-hydrogen) atoms. The molecule has 0 aromatic carbocycles. The number of aromatic nitrogens is 2. The Labute approximate surface area is 87.2 Å². The number of nitrogens with zero attached hydrogens (tertiary/aromatic N) is 2. The lowest BCUT2D eigenvalue weighted by Gasteiger charge is -1.97. The molecule has 0 atom stereocenters. The SMILES string of the molecule is N=C(N)c1nc(C2CC2)n2ccccc12. The van der Waals surface area contributed by atoms with Gasteiger partial charge in [-0.05, 0) is 25.0 Å². The summed E-state index contributed by atoms with van der Waals surface area (Å²) in [5, 5.41) is 7.49. The van der Waals surface area contributed by atoms with E-state index in [0.29, 0.717) is 11.6 Å². The lowest BCUT2D eigenvalue weighted by atomic mass is 10.3. The molecule has 3 N–H and O–H groups in total. The molecular weight excluding hydrogens is 188 g/mol. The molecule has 2 heterocycles. The van der Waals surface area contributed by atoms with E-state index in [0.717, 1.165) is 11.3 Å². The molecule has 1 aliphatic carbocycles. The van der Waals surface area contributed by atoms with Gasteiger partial charge in [0.1, 0.15) is 17.4 Å². The highest BCUT2D eigenvalue weighted by molar-refractivity contribution is 5.99. The van der Waals surface area contributed by atoms with Crippen LogP contribution in [-0.4, -0.2) is 15.2 Å². The summed E-state index contributed by atoms with van der Waals surface area (Å²) in [5.74, 6) is 1.66. The van der Waals surface area contributed by atoms with Gasteiger partial charge >= 0.3 is 0 Å². The quantitative estimate of drug-likeness (QED) is 0.569. The zero-order chi connectivity index (χ0) is 10.4. The van der Waals surface area contributed by atoms with Gasteiger partial charge in [-0.25, -0.2) is 4.98 Å². The number of amidine groups is 1. The van der Waals surface area contributed by atoms with Gasteiger partial charge in [0.2, 0.25) is 0 Å². The first-order chi connectivity index (χ1) is 7.27. The van der Waals surface area contributed by atoms with Crippen molar-refractivity contribution in [2.75, 3.05) is 0 Å². The summed E-state index contributed by atoms with van der Waals surface area (Å²) in [6.07, 6.45) is 4.39. The van der Waals surface area contributed by atoms with Crippen LogP contribution in [0.25, 0.3) is 5.52 Å². The van der Waals surface area contributed by atoms with Crippen molar-refractivity contribution >= 4 is 11.4 Å². The van der Waals surface area contributed by atoms with E-state index in [1.807, 2.05) is 24.4 Å². The standard InChI is InChI=1S/C11H12N4/c12-10(13)9-8-3-1-2-6-15(8)11(14-9)7-4-5-7/h1-3,6-7H,4-5H2,(H3,12,13). The first-order valence-electron chi connectivity index (χ1n) is 5.09. The Hall–Kier alpha value is -1.84. The predicted molar refractivity (Wildman–Crippen MR) is 58.2 cm³/mol. The van der Waals surface area contributed by atoms with Crippen LogP contribution in [0.3, 0.4) is 0 Å². The molecule has 0 unspecified atom stereocenters. The molecule has 76 valence electrons. The van der Waals surface area contributed by atoms with E-state index in [1.54, 1.807) is 0 Å². The number of rotatable bonds is 2. The van der Waals surface area contributed by atoms with E-state index in [1.165, 1.54) is 12.8 Å². The van der Waals surface area contributed by atoms with Gasteiger partial charge in [0.05, 0.1) is 5.52 Å². The minimum Gasteiger partial charge on any atom is -0.382 e. The Morgan fingerprint density at radius 1 is 1.47 bits per heavy atom. The molecule has 0 radical (unpaired) electrons. The largest absolute Gasteiger partial charge is 0.382 e. The highest BCUT2D eigenvalue weighted by Crippen LogP contribution is 2.39. The van der Waals surface area contributed by atoms with Crippen molar-refractivity contribution in [3.63, 3.8) is 0 Å². The van der Waals surface area contributed by atoms with Crippen LogP contribution in [0.5, 0.6) is 0 Å². The minimum absolute atomic E-state index is 0.0469. The summed E-state index contributed by atoms with van der Waals surface area (Å²) in [7, 11) is 0. The van der Waals surface area contributed by atoms with Crippen LogP contribution < -0.4 is 5.73 Å². The lowest BCUT2D eigenvalue weighted by Crippen LogP contribution is -2.11. The van der Waals surface area contributed by atoms with E-state index in [-0.39, 0.29) is 5.84 Å². The maximum Gasteiger partial charge on any atom is 0.144 e. The van der Waals surface area contributed by atoms with E-state index in [4.69, 9.17) is 11.1 Å². The molecule has 1 fully saturated rings. The van der Waals surface area contributed by atoms with Crippen molar-refractivity contribution in [2.45, 2.75) is 18.8 Å². The first kappa shape index (κ1) is 8.47. The topological polar surface area (TPSA) is 67.2 Å². The Balaban J connectivity index is 2.32. The summed E-state index contributed by atoms with van der Waals surface area (Å²) in [5.41, 5.74) is 7.07. The molecule has 4 nitrogen and oxygen atoms in total. The van der Waals surface area contributed by atoms with Crippen LogP contribution in [0.15, 0.2) is 24.4 Å².